The molecule has 2 heteroatoms. The summed E-state index contributed by atoms with van der Waals surface area (Å²) in [5.74, 6) is 0. The zero-order chi connectivity index (χ0) is 8.97. The molecule has 3 N–H and O–H groups in total. The molecule has 1 aliphatic rings. The van der Waals surface area contributed by atoms with Gasteiger partial charge in [0.25, 0.3) is 0 Å². The summed E-state index contributed by atoms with van der Waals surface area (Å²) in [6, 6.07) is 0.370. The molecular weight excluding hydrogens is 148 g/mol. The van der Waals surface area contributed by atoms with Crippen LogP contribution in [0, 0.1) is 0 Å². The number of hydrogen-bond acceptors (Lipinski definition) is 2. The summed E-state index contributed by atoms with van der Waals surface area (Å²) in [5, 5.41) is 3.40. The maximum atomic E-state index is 5.66. The molecule has 0 aromatic rings. The second kappa shape index (κ2) is 4.43. The Labute approximate surface area is 74.5 Å². The fourth-order valence-electron chi connectivity index (χ4n) is 1.77. The Morgan fingerprint density at radius 3 is 2.75 bits per heavy atom. The van der Waals surface area contributed by atoms with Gasteiger partial charge in [-0.25, -0.2) is 0 Å². The Balaban J connectivity index is 2.81. The standard InChI is InChI=1S/C10H18N2/c1-3-8-5-6-12-10(7-11)9(8)4-2/h3-4,10,12H,5-7,11H2,1-2H3/b8-3-,9-4+/t10-/m0/s1. The molecule has 0 amide bonds. The molecule has 1 saturated heterocycles. The Bertz CT molecular complexity index is 204. The van der Waals surface area contributed by atoms with Crippen molar-refractivity contribution in [2.75, 3.05) is 13.1 Å². The van der Waals surface area contributed by atoms with Crippen LogP contribution >= 0.6 is 0 Å². The highest BCUT2D eigenvalue weighted by molar-refractivity contribution is 5.37. The predicted molar refractivity (Wildman–Crippen MR) is 53.0 cm³/mol. The predicted octanol–water partition coefficient (Wildman–Crippen LogP) is 1.20. The van der Waals surface area contributed by atoms with Crippen LogP contribution in [0.1, 0.15) is 20.3 Å². The number of nitrogens with one attached hydrogen (secondary N) is 1. The van der Waals surface area contributed by atoms with E-state index in [9.17, 15) is 0 Å². The molecule has 0 aromatic heterocycles. The average Bonchev–Trinajstić information content (AvgIpc) is 2.16. The van der Waals surface area contributed by atoms with Crippen molar-refractivity contribution in [2.45, 2.75) is 26.3 Å². The van der Waals surface area contributed by atoms with Gasteiger partial charge in [-0.2, -0.15) is 0 Å². The molecular formula is C10H18N2. The van der Waals surface area contributed by atoms with Crippen LogP contribution in [0.15, 0.2) is 23.3 Å². The highest BCUT2D eigenvalue weighted by atomic mass is 14.9. The highest BCUT2D eigenvalue weighted by Crippen LogP contribution is 2.21. The minimum absolute atomic E-state index is 0.370. The first-order valence-electron chi connectivity index (χ1n) is 4.58. The fraction of sp³-hybridized carbons (Fsp3) is 0.600. The van der Waals surface area contributed by atoms with E-state index in [2.05, 4.69) is 31.3 Å². The van der Waals surface area contributed by atoms with Gasteiger partial charge in [-0.1, -0.05) is 12.2 Å². The molecule has 1 atom stereocenters. The van der Waals surface area contributed by atoms with Gasteiger partial charge in [0.05, 0.1) is 0 Å². The van der Waals surface area contributed by atoms with Crippen molar-refractivity contribution in [3.05, 3.63) is 23.3 Å². The average molecular weight is 166 g/mol. The van der Waals surface area contributed by atoms with Crippen molar-refractivity contribution < 1.29 is 0 Å². The maximum absolute atomic E-state index is 5.66. The number of hydrogen-bond donors (Lipinski definition) is 2. The third kappa shape index (κ3) is 1.76. The SMILES string of the molecule is C/C=C1/CCN[C@@H](CN)/C1=C/C. The lowest BCUT2D eigenvalue weighted by Crippen LogP contribution is -2.42. The molecule has 68 valence electrons. The summed E-state index contributed by atoms with van der Waals surface area (Å²) in [6.07, 6.45) is 5.49. The molecule has 2 nitrogen and oxygen atoms in total. The van der Waals surface area contributed by atoms with Crippen molar-refractivity contribution in [1.82, 2.24) is 5.32 Å². The second-order valence-corrected chi connectivity index (χ2v) is 3.05. The van der Waals surface area contributed by atoms with Crippen molar-refractivity contribution in [1.29, 1.82) is 0 Å². The van der Waals surface area contributed by atoms with E-state index >= 15 is 0 Å². The zero-order valence-electron chi connectivity index (χ0n) is 7.93. The largest absolute Gasteiger partial charge is 0.329 e. The molecule has 0 unspecified atom stereocenters. The molecule has 1 heterocycles. The number of rotatable bonds is 1. The molecule has 1 fully saturated rings. The smallest absolute Gasteiger partial charge is 0.0443 e. The van der Waals surface area contributed by atoms with Gasteiger partial charge in [-0.05, 0) is 38.0 Å². The molecule has 1 rings (SSSR count). The van der Waals surface area contributed by atoms with Crippen LogP contribution in [0.25, 0.3) is 0 Å². The zero-order valence-corrected chi connectivity index (χ0v) is 7.93. The van der Waals surface area contributed by atoms with E-state index in [0.29, 0.717) is 12.6 Å². The van der Waals surface area contributed by atoms with Crippen LogP contribution in [-0.2, 0) is 0 Å². The summed E-state index contributed by atoms with van der Waals surface area (Å²) in [4.78, 5) is 0. The molecule has 0 aliphatic carbocycles. The lowest BCUT2D eigenvalue weighted by atomic mass is 9.92. The lowest BCUT2D eigenvalue weighted by molar-refractivity contribution is 0.544. The highest BCUT2D eigenvalue weighted by Gasteiger charge is 2.18. The van der Waals surface area contributed by atoms with Gasteiger partial charge in [0.1, 0.15) is 0 Å². The van der Waals surface area contributed by atoms with Crippen molar-refractivity contribution in [3.8, 4) is 0 Å². The van der Waals surface area contributed by atoms with E-state index in [0.717, 1.165) is 13.0 Å². The van der Waals surface area contributed by atoms with Crippen LogP contribution in [0.4, 0.5) is 0 Å². The molecule has 0 saturated carbocycles. The number of nitrogens with two attached hydrogens (primary N) is 1. The Kier molecular flexibility index (Phi) is 3.50. The molecule has 0 aromatic carbocycles. The van der Waals surface area contributed by atoms with Gasteiger partial charge in [0, 0.05) is 12.6 Å². The molecule has 1 aliphatic heterocycles. The summed E-state index contributed by atoms with van der Waals surface area (Å²) in [5.41, 5.74) is 8.49. The molecule has 0 spiro atoms. The summed E-state index contributed by atoms with van der Waals surface area (Å²) >= 11 is 0. The summed E-state index contributed by atoms with van der Waals surface area (Å²) < 4.78 is 0. The summed E-state index contributed by atoms with van der Waals surface area (Å²) in [6.45, 7) is 5.92. The van der Waals surface area contributed by atoms with Crippen LogP contribution in [0.2, 0.25) is 0 Å². The van der Waals surface area contributed by atoms with E-state index < -0.39 is 0 Å². The maximum Gasteiger partial charge on any atom is 0.0443 e. The summed E-state index contributed by atoms with van der Waals surface area (Å²) in [7, 11) is 0. The van der Waals surface area contributed by atoms with E-state index in [1.807, 2.05) is 0 Å². The van der Waals surface area contributed by atoms with Gasteiger partial charge in [-0.3, -0.25) is 0 Å². The van der Waals surface area contributed by atoms with Crippen LogP contribution in [0.5, 0.6) is 0 Å². The van der Waals surface area contributed by atoms with Crippen LogP contribution < -0.4 is 11.1 Å². The first-order valence-corrected chi connectivity index (χ1v) is 4.58. The Morgan fingerprint density at radius 1 is 1.50 bits per heavy atom. The first kappa shape index (κ1) is 9.49. The quantitative estimate of drug-likeness (QED) is 0.614. The minimum Gasteiger partial charge on any atom is -0.329 e. The molecule has 0 bridgehead atoms. The van der Waals surface area contributed by atoms with E-state index in [-0.39, 0.29) is 0 Å². The second-order valence-electron chi connectivity index (χ2n) is 3.05. The molecule has 12 heavy (non-hydrogen) atoms. The minimum atomic E-state index is 0.370. The van der Waals surface area contributed by atoms with Gasteiger partial charge in [0.2, 0.25) is 0 Å². The normalized spacial score (nSPS) is 31.4. The van der Waals surface area contributed by atoms with Crippen LogP contribution in [0.3, 0.4) is 0 Å². The monoisotopic (exact) mass is 166 g/mol. The Morgan fingerprint density at radius 2 is 2.25 bits per heavy atom. The van der Waals surface area contributed by atoms with Gasteiger partial charge >= 0.3 is 0 Å². The van der Waals surface area contributed by atoms with Crippen molar-refractivity contribution >= 4 is 0 Å². The van der Waals surface area contributed by atoms with Gasteiger partial charge in [0.15, 0.2) is 0 Å². The third-order valence-corrected chi connectivity index (χ3v) is 2.43. The number of piperidine rings is 1. The Hall–Kier alpha value is -0.600. The van der Waals surface area contributed by atoms with Crippen molar-refractivity contribution in [2.24, 2.45) is 5.73 Å². The van der Waals surface area contributed by atoms with Crippen LogP contribution in [-0.4, -0.2) is 19.1 Å². The fourth-order valence-corrected chi connectivity index (χ4v) is 1.77. The van der Waals surface area contributed by atoms with Gasteiger partial charge < -0.3 is 11.1 Å². The van der Waals surface area contributed by atoms with E-state index in [1.54, 1.807) is 0 Å². The number of allylic oxidation sites excluding steroid dienone is 2. The van der Waals surface area contributed by atoms with E-state index in [1.165, 1.54) is 11.1 Å². The third-order valence-electron chi connectivity index (χ3n) is 2.43. The van der Waals surface area contributed by atoms with Crippen molar-refractivity contribution in [3.63, 3.8) is 0 Å². The lowest BCUT2D eigenvalue weighted by Gasteiger charge is -2.28. The van der Waals surface area contributed by atoms with Gasteiger partial charge in [-0.15, -0.1) is 0 Å². The first-order chi connectivity index (χ1) is 5.83. The topological polar surface area (TPSA) is 38.0 Å². The molecule has 0 radical (unpaired) electrons. The van der Waals surface area contributed by atoms with E-state index in [4.69, 9.17) is 5.73 Å².